The topological polar surface area (TPSA) is 113 Å². The van der Waals surface area contributed by atoms with Crippen molar-refractivity contribution in [3.05, 3.63) is 76.2 Å². The molecule has 0 aliphatic carbocycles. The molecule has 0 unspecified atom stereocenters. The number of carbonyl (C=O) groups is 1. The molecule has 3 rings (SSSR count). The molecule has 0 radical (unpaired) electrons. The highest BCUT2D eigenvalue weighted by atomic mass is 16.1. The number of hydrogen-bond donors (Lipinski definition) is 4. The molecule has 0 fully saturated rings. The van der Waals surface area contributed by atoms with Crippen molar-refractivity contribution in [3.63, 3.8) is 0 Å². The Morgan fingerprint density at radius 3 is 2.61 bits per heavy atom. The molecule has 0 aliphatic heterocycles. The first-order chi connectivity index (χ1) is 13.4. The van der Waals surface area contributed by atoms with E-state index >= 15 is 0 Å². The van der Waals surface area contributed by atoms with Gasteiger partial charge in [-0.3, -0.25) is 9.59 Å². The summed E-state index contributed by atoms with van der Waals surface area (Å²) in [4.78, 5) is 31.7. The van der Waals surface area contributed by atoms with Gasteiger partial charge in [-0.1, -0.05) is 30.3 Å². The zero-order valence-corrected chi connectivity index (χ0v) is 15.8. The minimum absolute atomic E-state index is 0.0896. The summed E-state index contributed by atoms with van der Waals surface area (Å²) in [5.74, 6) is 0.00860. The van der Waals surface area contributed by atoms with Crippen molar-refractivity contribution in [1.82, 2.24) is 15.3 Å². The monoisotopic (exact) mass is 377 g/mol. The number of H-pyrrole nitrogens is 1. The largest absolute Gasteiger partial charge is 0.399 e. The molecule has 7 heteroatoms. The van der Waals surface area contributed by atoms with Crippen LogP contribution in [0.25, 0.3) is 11.3 Å². The van der Waals surface area contributed by atoms with Crippen molar-refractivity contribution in [1.29, 1.82) is 0 Å². The van der Waals surface area contributed by atoms with Gasteiger partial charge in [0.05, 0.1) is 11.9 Å². The second-order valence-electron chi connectivity index (χ2n) is 6.79. The highest BCUT2D eigenvalue weighted by Crippen LogP contribution is 2.21. The van der Waals surface area contributed by atoms with Crippen LogP contribution in [-0.4, -0.2) is 21.9 Å². The number of rotatable bonds is 6. The first-order valence-corrected chi connectivity index (χ1v) is 9.01. The highest BCUT2D eigenvalue weighted by Gasteiger charge is 2.11. The fourth-order valence-corrected chi connectivity index (χ4v) is 2.74. The van der Waals surface area contributed by atoms with Crippen LogP contribution in [0.1, 0.15) is 29.8 Å². The Bertz CT molecular complexity index is 1030. The number of nitrogens with zero attached hydrogens (tertiary/aromatic N) is 1. The predicted octanol–water partition coefficient (Wildman–Crippen LogP) is 2.77. The van der Waals surface area contributed by atoms with E-state index in [-0.39, 0.29) is 23.3 Å². The van der Waals surface area contributed by atoms with Gasteiger partial charge in [-0.25, -0.2) is 4.98 Å². The molecule has 0 saturated carbocycles. The fraction of sp³-hybridized carbons (Fsp3) is 0.190. The SMILES string of the molecule is CC(C)Nc1ncc(-c2cc(N)cc(C(=O)NCc3ccccc3)c2)[nH]c1=O. The molecule has 0 spiro atoms. The quantitative estimate of drug-likeness (QED) is 0.493. The number of nitrogens with two attached hydrogens (primary N) is 1. The van der Waals surface area contributed by atoms with Crippen molar-refractivity contribution in [3.8, 4) is 11.3 Å². The molecule has 144 valence electrons. The highest BCUT2D eigenvalue weighted by molar-refractivity contribution is 5.96. The van der Waals surface area contributed by atoms with E-state index in [0.29, 0.717) is 29.1 Å². The van der Waals surface area contributed by atoms with E-state index in [9.17, 15) is 9.59 Å². The lowest BCUT2D eigenvalue weighted by atomic mass is 10.1. The van der Waals surface area contributed by atoms with Crippen molar-refractivity contribution in [2.24, 2.45) is 0 Å². The molecule has 1 heterocycles. The number of carbonyl (C=O) groups excluding carboxylic acids is 1. The number of aromatic amines is 1. The van der Waals surface area contributed by atoms with Crippen LogP contribution in [0.15, 0.2) is 59.5 Å². The van der Waals surface area contributed by atoms with Crippen LogP contribution in [0.2, 0.25) is 0 Å². The molecule has 1 aromatic heterocycles. The van der Waals surface area contributed by atoms with Gasteiger partial charge in [-0.2, -0.15) is 0 Å². The molecule has 0 aliphatic rings. The first kappa shape index (κ1) is 19.2. The zero-order valence-electron chi connectivity index (χ0n) is 15.8. The standard InChI is InChI=1S/C21H23N5O2/c1-13(2)25-19-21(28)26-18(12-23-19)15-8-16(10-17(22)9-15)20(27)24-11-14-6-4-3-5-7-14/h3-10,12-13H,11,22H2,1-2H3,(H,23,25)(H,24,27)(H,26,28). The van der Waals surface area contributed by atoms with E-state index < -0.39 is 0 Å². The van der Waals surface area contributed by atoms with Crippen molar-refractivity contribution in [2.45, 2.75) is 26.4 Å². The lowest BCUT2D eigenvalue weighted by Gasteiger charge is -2.11. The van der Waals surface area contributed by atoms with Crippen LogP contribution in [0.5, 0.6) is 0 Å². The predicted molar refractivity (Wildman–Crippen MR) is 111 cm³/mol. The number of benzene rings is 2. The van der Waals surface area contributed by atoms with Gasteiger partial charge in [-0.15, -0.1) is 0 Å². The maximum absolute atomic E-state index is 12.5. The number of nitrogens with one attached hydrogen (secondary N) is 3. The summed E-state index contributed by atoms with van der Waals surface area (Å²) in [6, 6.07) is 14.7. The third-order valence-electron chi connectivity index (χ3n) is 4.04. The van der Waals surface area contributed by atoms with Crippen LogP contribution >= 0.6 is 0 Å². The van der Waals surface area contributed by atoms with Gasteiger partial charge in [0.15, 0.2) is 5.82 Å². The zero-order chi connectivity index (χ0) is 20.1. The smallest absolute Gasteiger partial charge is 0.291 e. The van der Waals surface area contributed by atoms with Crippen LogP contribution in [-0.2, 0) is 6.54 Å². The third-order valence-corrected chi connectivity index (χ3v) is 4.04. The molecular formula is C21H23N5O2. The second kappa shape index (κ2) is 8.39. The van der Waals surface area contributed by atoms with Crippen LogP contribution in [0, 0.1) is 0 Å². The number of nitrogen functional groups attached to an aromatic ring is 1. The van der Waals surface area contributed by atoms with E-state index in [4.69, 9.17) is 5.73 Å². The van der Waals surface area contributed by atoms with E-state index in [1.165, 1.54) is 0 Å². The van der Waals surface area contributed by atoms with Gasteiger partial charge in [-0.05, 0) is 37.6 Å². The van der Waals surface area contributed by atoms with Crippen LogP contribution in [0.3, 0.4) is 0 Å². The second-order valence-corrected chi connectivity index (χ2v) is 6.79. The number of hydrogen-bond acceptors (Lipinski definition) is 5. The Morgan fingerprint density at radius 2 is 1.93 bits per heavy atom. The fourth-order valence-electron chi connectivity index (χ4n) is 2.74. The molecule has 0 atom stereocenters. The summed E-state index contributed by atoms with van der Waals surface area (Å²) in [7, 11) is 0. The third kappa shape index (κ3) is 4.76. The Hall–Kier alpha value is -3.61. The number of aromatic nitrogens is 2. The van der Waals surface area contributed by atoms with Gasteiger partial charge < -0.3 is 21.4 Å². The lowest BCUT2D eigenvalue weighted by molar-refractivity contribution is 0.0951. The van der Waals surface area contributed by atoms with Gasteiger partial charge in [0.1, 0.15) is 0 Å². The minimum Gasteiger partial charge on any atom is -0.399 e. The average Bonchev–Trinajstić information content (AvgIpc) is 2.67. The molecule has 5 N–H and O–H groups in total. The molecule has 7 nitrogen and oxygen atoms in total. The maximum Gasteiger partial charge on any atom is 0.291 e. The molecule has 1 amide bonds. The molecule has 28 heavy (non-hydrogen) atoms. The van der Waals surface area contributed by atoms with Crippen LogP contribution < -0.4 is 21.9 Å². The Morgan fingerprint density at radius 1 is 1.18 bits per heavy atom. The molecule has 3 aromatic rings. The summed E-state index contributed by atoms with van der Waals surface area (Å²) in [6.45, 7) is 4.26. The van der Waals surface area contributed by atoms with Gasteiger partial charge in [0.2, 0.25) is 0 Å². The Labute approximate surface area is 163 Å². The van der Waals surface area contributed by atoms with E-state index in [1.807, 2.05) is 44.2 Å². The molecule has 2 aromatic carbocycles. The van der Waals surface area contributed by atoms with Crippen molar-refractivity contribution < 1.29 is 4.79 Å². The summed E-state index contributed by atoms with van der Waals surface area (Å²) in [6.07, 6.45) is 1.55. The van der Waals surface area contributed by atoms with Crippen molar-refractivity contribution >= 4 is 17.4 Å². The van der Waals surface area contributed by atoms with Gasteiger partial charge in [0.25, 0.3) is 11.5 Å². The van der Waals surface area contributed by atoms with E-state index in [0.717, 1.165) is 5.56 Å². The average molecular weight is 377 g/mol. The minimum atomic E-state index is -0.330. The molecular weight excluding hydrogens is 354 g/mol. The summed E-state index contributed by atoms with van der Waals surface area (Å²) in [5.41, 5.74) is 8.59. The van der Waals surface area contributed by atoms with E-state index in [2.05, 4.69) is 20.6 Å². The summed E-state index contributed by atoms with van der Waals surface area (Å²) < 4.78 is 0. The first-order valence-electron chi connectivity index (χ1n) is 9.01. The Kier molecular flexibility index (Phi) is 5.74. The lowest BCUT2D eigenvalue weighted by Crippen LogP contribution is -2.23. The normalized spacial score (nSPS) is 10.7. The van der Waals surface area contributed by atoms with Gasteiger partial charge >= 0.3 is 0 Å². The summed E-state index contributed by atoms with van der Waals surface area (Å²) >= 11 is 0. The molecule has 0 saturated heterocycles. The van der Waals surface area contributed by atoms with Crippen molar-refractivity contribution in [2.75, 3.05) is 11.1 Å². The number of anilines is 2. The van der Waals surface area contributed by atoms with Crippen LogP contribution in [0.4, 0.5) is 11.5 Å². The number of amides is 1. The maximum atomic E-state index is 12.5. The van der Waals surface area contributed by atoms with E-state index in [1.54, 1.807) is 24.4 Å². The van der Waals surface area contributed by atoms with Gasteiger partial charge in [0, 0.05) is 29.4 Å². The Balaban J connectivity index is 1.82. The molecule has 0 bridgehead atoms. The summed E-state index contributed by atoms with van der Waals surface area (Å²) in [5, 5.41) is 5.85.